The van der Waals surface area contributed by atoms with Crippen molar-refractivity contribution in [3.05, 3.63) is 56.0 Å². The molecule has 2 aliphatic rings. The molecule has 2 heteroatoms. The van der Waals surface area contributed by atoms with Gasteiger partial charge >= 0.3 is 0 Å². The Hall–Kier alpha value is -0.866. The Bertz CT molecular complexity index is 665. The smallest absolute Gasteiger partial charge is 0.0822 e. The first-order chi connectivity index (χ1) is 11.7. The highest BCUT2D eigenvalue weighted by molar-refractivity contribution is 6.90. The standard InChI is InChI=1S/C24H40Si2/c1-15-16(2)20(6)23(19(15)5)25(9,10)13-14-26(11,12)24-21(7)17(3)18(4)22(24)8/h13-14,23-24H,1-12H3/b14-13+. The molecule has 0 aromatic carbocycles. The van der Waals surface area contributed by atoms with Crippen molar-refractivity contribution in [1.29, 1.82) is 0 Å². The van der Waals surface area contributed by atoms with Gasteiger partial charge < -0.3 is 0 Å². The van der Waals surface area contributed by atoms with Crippen molar-refractivity contribution in [2.75, 3.05) is 0 Å². The number of hydrogen-bond acceptors (Lipinski definition) is 0. The average molecular weight is 385 g/mol. The largest absolute Gasteiger partial charge is 0.101 e. The Labute approximate surface area is 164 Å². The first-order valence-electron chi connectivity index (χ1n) is 10.1. The van der Waals surface area contributed by atoms with Crippen LogP contribution in [0.5, 0.6) is 0 Å². The normalized spacial score (nSPS) is 21.5. The van der Waals surface area contributed by atoms with Gasteiger partial charge in [0, 0.05) is 11.1 Å². The van der Waals surface area contributed by atoms with Gasteiger partial charge in [-0.2, -0.15) is 0 Å². The lowest BCUT2D eigenvalue weighted by molar-refractivity contribution is 1.07. The molecule has 0 unspecified atom stereocenters. The molecule has 0 heterocycles. The number of rotatable bonds is 4. The second-order valence-electron chi connectivity index (χ2n) is 10.1. The minimum Gasteiger partial charge on any atom is -0.101 e. The summed E-state index contributed by atoms with van der Waals surface area (Å²) in [4.78, 5) is 0. The second-order valence-corrected chi connectivity index (χ2v) is 19.2. The summed E-state index contributed by atoms with van der Waals surface area (Å²) < 4.78 is 0. The maximum atomic E-state index is 2.70. The van der Waals surface area contributed by atoms with Crippen molar-refractivity contribution in [3.63, 3.8) is 0 Å². The fourth-order valence-electron chi connectivity index (χ4n) is 5.55. The zero-order valence-electron chi connectivity index (χ0n) is 19.3. The van der Waals surface area contributed by atoms with E-state index in [0.717, 1.165) is 0 Å². The molecule has 2 rings (SSSR count). The van der Waals surface area contributed by atoms with E-state index in [4.69, 9.17) is 0 Å². The molecule has 0 saturated carbocycles. The summed E-state index contributed by atoms with van der Waals surface area (Å²) in [6, 6.07) is 0. The van der Waals surface area contributed by atoms with Crippen molar-refractivity contribution in [1.82, 2.24) is 0 Å². The maximum absolute atomic E-state index is 2.70. The van der Waals surface area contributed by atoms with Crippen LogP contribution >= 0.6 is 0 Å². The quantitative estimate of drug-likeness (QED) is 0.429. The van der Waals surface area contributed by atoms with E-state index in [1.165, 1.54) is 22.3 Å². The van der Waals surface area contributed by atoms with Gasteiger partial charge in [0.2, 0.25) is 0 Å². The fraction of sp³-hybridized carbons (Fsp3) is 0.583. The van der Waals surface area contributed by atoms with Crippen LogP contribution < -0.4 is 0 Å². The van der Waals surface area contributed by atoms with Crippen LogP contribution in [-0.4, -0.2) is 16.1 Å². The lowest BCUT2D eigenvalue weighted by Gasteiger charge is -2.34. The Morgan fingerprint density at radius 2 is 0.654 bits per heavy atom. The predicted molar refractivity (Wildman–Crippen MR) is 125 cm³/mol. The lowest BCUT2D eigenvalue weighted by Crippen LogP contribution is -2.36. The van der Waals surface area contributed by atoms with E-state index in [9.17, 15) is 0 Å². The predicted octanol–water partition coefficient (Wildman–Crippen LogP) is 8.15. The third kappa shape index (κ3) is 3.35. The van der Waals surface area contributed by atoms with Crippen LogP contribution in [0.2, 0.25) is 37.3 Å². The molecular formula is C24H40Si2. The summed E-state index contributed by atoms with van der Waals surface area (Å²) >= 11 is 0. The molecule has 26 heavy (non-hydrogen) atoms. The van der Waals surface area contributed by atoms with Crippen LogP contribution in [0.15, 0.2) is 56.0 Å². The zero-order valence-corrected chi connectivity index (χ0v) is 21.3. The molecule has 0 aromatic heterocycles. The van der Waals surface area contributed by atoms with Gasteiger partial charge in [-0.05, 0) is 77.7 Å². The van der Waals surface area contributed by atoms with Crippen LogP contribution in [0.3, 0.4) is 0 Å². The molecule has 0 spiro atoms. The van der Waals surface area contributed by atoms with E-state index < -0.39 is 16.1 Å². The van der Waals surface area contributed by atoms with E-state index in [-0.39, 0.29) is 0 Å². The van der Waals surface area contributed by atoms with Gasteiger partial charge in [0.05, 0.1) is 16.1 Å². The van der Waals surface area contributed by atoms with Crippen molar-refractivity contribution < 1.29 is 0 Å². The summed E-state index contributed by atoms with van der Waals surface area (Å²) in [6.07, 6.45) is 0. The first-order valence-corrected chi connectivity index (χ1v) is 16.5. The summed E-state index contributed by atoms with van der Waals surface area (Å²) in [5.74, 6) is 0. The molecule has 2 aliphatic carbocycles. The van der Waals surface area contributed by atoms with Crippen LogP contribution in [0.4, 0.5) is 0 Å². The summed E-state index contributed by atoms with van der Waals surface area (Å²) in [6.45, 7) is 29.0. The highest BCUT2D eigenvalue weighted by Gasteiger charge is 2.40. The monoisotopic (exact) mass is 384 g/mol. The Morgan fingerprint density at radius 3 is 0.846 bits per heavy atom. The summed E-state index contributed by atoms with van der Waals surface area (Å²) in [5.41, 5.74) is 19.4. The minimum absolute atomic E-state index is 0.684. The Kier molecular flexibility index (Phi) is 5.72. The highest BCUT2D eigenvalue weighted by Crippen LogP contribution is 2.49. The maximum Gasteiger partial charge on any atom is 0.0822 e. The Morgan fingerprint density at radius 1 is 0.462 bits per heavy atom. The van der Waals surface area contributed by atoms with E-state index in [2.05, 4.69) is 93.0 Å². The highest BCUT2D eigenvalue weighted by atomic mass is 28.3. The molecule has 0 atom stereocenters. The summed E-state index contributed by atoms with van der Waals surface area (Å²) in [5, 5.41) is 0. The SMILES string of the molecule is CC1=C(C)C([Si](C)(C)/C=C/[Si](C)(C)C2C(C)=C(C)C(C)=C2C)C(C)=C1C. The van der Waals surface area contributed by atoms with Crippen LogP contribution in [-0.2, 0) is 0 Å². The lowest BCUT2D eigenvalue weighted by atomic mass is 10.1. The Balaban J connectivity index is 2.37. The molecule has 0 amide bonds. The summed E-state index contributed by atoms with van der Waals surface area (Å²) in [7, 11) is -3.03. The van der Waals surface area contributed by atoms with Gasteiger partial charge in [-0.3, -0.25) is 0 Å². The third-order valence-electron chi connectivity index (χ3n) is 7.65. The van der Waals surface area contributed by atoms with Crippen LogP contribution in [0, 0.1) is 0 Å². The van der Waals surface area contributed by atoms with Crippen LogP contribution in [0.25, 0.3) is 0 Å². The molecule has 0 bridgehead atoms. The zero-order chi connectivity index (χ0) is 20.2. The molecule has 0 radical (unpaired) electrons. The molecule has 0 fully saturated rings. The number of allylic oxidation sites excluding steroid dienone is 8. The molecule has 0 nitrogen and oxygen atoms in total. The number of hydrogen-bond donors (Lipinski definition) is 0. The van der Waals surface area contributed by atoms with Crippen molar-refractivity contribution >= 4 is 16.1 Å². The van der Waals surface area contributed by atoms with E-state index >= 15 is 0 Å². The molecule has 0 N–H and O–H groups in total. The van der Waals surface area contributed by atoms with Gasteiger partial charge in [0.15, 0.2) is 0 Å². The van der Waals surface area contributed by atoms with Crippen LogP contribution in [0.1, 0.15) is 55.4 Å². The van der Waals surface area contributed by atoms with Crippen molar-refractivity contribution in [3.8, 4) is 0 Å². The topological polar surface area (TPSA) is 0 Å². The van der Waals surface area contributed by atoms with Gasteiger partial charge in [0.25, 0.3) is 0 Å². The second kappa shape index (κ2) is 6.94. The van der Waals surface area contributed by atoms with E-state index in [1.807, 2.05) is 0 Å². The average Bonchev–Trinajstić information content (AvgIpc) is 2.86. The molecule has 0 saturated heterocycles. The van der Waals surface area contributed by atoms with E-state index in [0.29, 0.717) is 11.1 Å². The molecular weight excluding hydrogens is 344 g/mol. The van der Waals surface area contributed by atoms with Gasteiger partial charge in [-0.15, -0.1) is 11.4 Å². The van der Waals surface area contributed by atoms with Crippen molar-refractivity contribution in [2.45, 2.75) is 92.7 Å². The molecule has 144 valence electrons. The van der Waals surface area contributed by atoms with Gasteiger partial charge in [-0.25, -0.2) is 0 Å². The van der Waals surface area contributed by atoms with Gasteiger partial charge in [0.1, 0.15) is 0 Å². The molecule has 0 aliphatic heterocycles. The minimum atomic E-state index is -1.51. The van der Waals surface area contributed by atoms with Crippen molar-refractivity contribution in [2.24, 2.45) is 0 Å². The first kappa shape index (κ1) is 21.4. The fourth-order valence-corrected chi connectivity index (χ4v) is 14.7. The van der Waals surface area contributed by atoms with E-state index in [1.54, 1.807) is 22.3 Å². The van der Waals surface area contributed by atoms with Gasteiger partial charge in [-0.1, -0.05) is 48.5 Å². The third-order valence-corrected chi connectivity index (χ3v) is 14.7. The molecule has 0 aromatic rings.